The highest BCUT2D eigenvalue weighted by atomic mass is 32.2. The minimum Gasteiger partial charge on any atom is -0.349 e. The van der Waals surface area contributed by atoms with Crippen molar-refractivity contribution in [3.05, 3.63) is 29.8 Å². The standard InChI is InChI=1S/C18H27NO3S/c1-18(2,3)15-7-5-6-8-16(15)19-17(20)13-9-11-14(12-10-13)23(4,21)22/h9-12,15-16H,5-8H2,1-4H3,(H,19,20)/t15-,16-/m0/s1. The molecule has 0 bridgehead atoms. The predicted octanol–water partition coefficient (Wildman–Crippen LogP) is 3.42. The molecule has 1 saturated carbocycles. The summed E-state index contributed by atoms with van der Waals surface area (Å²) in [6.07, 6.45) is 5.68. The second-order valence-corrected chi connectivity index (χ2v) is 9.65. The van der Waals surface area contributed by atoms with Crippen LogP contribution in [-0.4, -0.2) is 26.6 Å². The lowest BCUT2D eigenvalue weighted by Gasteiger charge is -2.40. The van der Waals surface area contributed by atoms with Gasteiger partial charge < -0.3 is 5.32 Å². The molecular formula is C18H27NO3S. The maximum Gasteiger partial charge on any atom is 0.251 e. The molecule has 1 amide bonds. The quantitative estimate of drug-likeness (QED) is 0.919. The van der Waals surface area contributed by atoms with Crippen LogP contribution in [0.15, 0.2) is 29.2 Å². The Kier molecular flexibility index (Phi) is 5.19. The Morgan fingerprint density at radius 1 is 1.09 bits per heavy atom. The molecule has 1 aromatic rings. The number of hydrogen-bond acceptors (Lipinski definition) is 3. The van der Waals surface area contributed by atoms with E-state index in [2.05, 4.69) is 26.1 Å². The minimum atomic E-state index is -3.23. The fourth-order valence-corrected chi connectivity index (χ4v) is 4.08. The molecular weight excluding hydrogens is 310 g/mol. The molecule has 1 aromatic carbocycles. The average molecular weight is 337 g/mol. The van der Waals surface area contributed by atoms with Gasteiger partial charge in [0.2, 0.25) is 0 Å². The van der Waals surface area contributed by atoms with Gasteiger partial charge in [-0.05, 0) is 48.4 Å². The molecule has 2 atom stereocenters. The third-order valence-electron chi connectivity index (χ3n) is 4.74. The van der Waals surface area contributed by atoms with Crippen LogP contribution in [0.3, 0.4) is 0 Å². The van der Waals surface area contributed by atoms with E-state index in [0.717, 1.165) is 25.5 Å². The van der Waals surface area contributed by atoms with Gasteiger partial charge in [-0.25, -0.2) is 8.42 Å². The zero-order chi connectivity index (χ0) is 17.3. The van der Waals surface area contributed by atoms with Gasteiger partial charge in [0.05, 0.1) is 4.90 Å². The zero-order valence-electron chi connectivity index (χ0n) is 14.4. The molecule has 1 aliphatic carbocycles. The number of benzene rings is 1. The first kappa shape index (κ1) is 18.0. The van der Waals surface area contributed by atoms with E-state index >= 15 is 0 Å². The Bertz CT molecular complexity index is 657. The Balaban J connectivity index is 2.11. The second-order valence-electron chi connectivity index (χ2n) is 7.63. The summed E-state index contributed by atoms with van der Waals surface area (Å²) in [6.45, 7) is 6.68. The van der Waals surface area contributed by atoms with Crippen LogP contribution < -0.4 is 5.32 Å². The molecule has 2 rings (SSSR count). The molecule has 1 fully saturated rings. The molecule has 0 saturated heterocycles. The van der Waals surface area contributed by atoms with Crippen LogP contribution in [0.4, 0.5) is 0 Å². The maximum absolute atomic E-state index is 12.5. The summed E-state index contributed by atoms with van der Waals surface area (Å²) in [5.74, 6) is 0.349. The van der Waals surface area contributed by atoms with Gasteiger partial charge in [0.1, 0.15) is 0 Å². The summed E-state index contributed by atoms with van der Waals surface area (Å²) in [6, 6.07) is 6.34. The largest absolute Gasteiger partial charge is 0.349 e. The normalized spacial score (nSPS) is 22.6. The smallest absolute Gasteiger partial charge is 0.251 e. The molecule has 23 heavy (non-hydrogen) atoms. The second kappa shape index (κ2) is 6.63. The molecule has 0 unspecified atom stereocenters. The fraction of sp³-hybridized carbons (Fsp3) is 0.611. The van der Waals surface area contributed by atoms with Crippen molar-refractivity contribution in [2.45, 2.75) is 57.4 Å². The highest BCUT2D eigenvalue weighted by Gasteiger charge is 2.34. The first-order valence-electron chi connectivity index (χ1n) is 8.20. The molecule has 0 heterocycles. The van der Waals surface area contributed by atoms with Crippen LogP contribution >= 0.6 is 0 Å². The molecule has 128 valence electrons. The van der Waals surface area contributed by atoms with Crippen molar-refractivity contribution in [1.29, 1.82) is 0 Å². The Hall–Kier alpha value is -1.36. The van der Waals surface area contributed by atoms with Crippen LogP contribution in [0.1, 0.15) is 56.8 Å². The summed E-state index contributed by atoms with van der Waals surface area (Å²) < 4.78 is 23.0. The van der Waals surface area contributed by atoms with Crippen molar-refractivity contribution < 1.29 is 13.2 Å². The van der Waals surface area contributed by atoms with Crippen molar-refractivity contribution in [2.24, 2.45) is 11.3 Å². The number of carbonyl (C=O) groups excluding carboxylic acids is 1. The van der Waals surface area contributed by atoms with Crippen molar-refractivity contribution in [3.8, 4) is 0 Å². The molecule has 0 spiro atoms. The van der Waals surface area contributed by atoms with Gasteiger partial charge in [-0.1, -0.05) is 33.6 Å². The van der Waals surface area contributed by atoms with E-state index in [1.54, 1.807) is 12.1 Å². The number of nitrogens with one attached hydrogen (secondary N) is 1. The van der Waals surface area contributed by atoms with Crippen LogP contribution in [0.2, 0.25) is 0 Å². The van der Waals surface area contributed by atoms with Gasteiger partial charge in [-0.15, -0.1) is 0 Å². The van der Waals surface area contributed by atoms with Crippen molar-refractivity contribution in [3.63, 3.8) is 0 Å². The van der Waals surface area contributed by atoms with Crippen LogP contribution in [-0.2, 0) is 9.84 Å². The molecule has 0 aliphatic heterocycles. The molecule has 0 radical (unpaired) electrons. The molecule has 4 nitrogen and oxygen atoms in total. The SMILES string of the molecule is CC(C)(C)[C@H]1CCCC[C@@H]1NC(=O)c1ccc(S(C)(=O)=O)cc1. The van der Waals surface area contributed by atoms with Gasteiger partial charge in [0, 0.05) is 17.9 Å². The molecule has 5 heteroatoms. The number of carbonyl (C=O) groups is 1. The summed E-state index contributed by atoms with van der Waals surface area (Å²) in [5, 5.41) is 3.16. The van der Waals surface area contributed by atoms with Gasteiger partial charge in [-0.3, -0.25) is 4.79 Å². The number of sulfone groups is 1. The Morgan fingerprint density at radius 3 is 2.17 bits per heavy atom. The lowest BCUT2D eigenvalue weighted by molar-refractivity contribution is 0.0830. The number of rotatable bonds is 3. The highest BCUT2D eigenvalue weighted by Crippen LogP contribution is 2.38. The van der Waals surface area contributed by atoms with Gasteiger partial charge in [-0.2, -0.15) is 0 Å². The van der Waals surface area contributed by atoms with Crippen molar-refractivity contribution in [1.82, 2.24) is 5.32 Å². The lowest BCUT2D eigenvalue weighted by Crippen LogP contribution is -2.46. The van der Waals surface area contributed by atoms with Crippen molar-refractivity contribution >= 4 is 15.7 Å². The number of amides is 1. The van der Waals surface area contributed by atoms with E-state index in [4.69, 9.17) is 0 Å². The first-order chi connectivity index (χ1) is 10.6. The van der Waals surface area contributed by atoms with Crippen LogP contribution in [0.5, 0.6) is 0 Å². The van der Waals surface area contributed by atoms with E-state index in [0.29, 0.717) is 11.5 Å². The van der Waals surface area contributed by atoms with E-state index in [9.17, 15) is 13.2 Å². The van der Waals surface area contributed by atoms with Gasteiger partial charge >= 0.3 is 0 Å². The maximum atomic E-state index is 12.5. The predicted molar refractivity (Wildman–Crippen MR) is 92.2 cm³/mol. The summed E-state index contributed by atoms with van der Waals surface area (Å²) in [5.41, 5.74) is 0.675. The van der Waals surface area contributed by atoms with E-state index in [1.807, 2.05) is 0 Å². The van der Waals surface area contributed by atoms with Gasteiger partial charge in [0.25, 0.3) is 5.91 Å². The summed E-state index contributed by atoms with van der Waals surface area (Å²) in [4.78, 5) is 12.7. The van der Waals surface area contributed by atoms with E-state index in [-0.39, 0.29) is 22.3 Å². The third kappa shape index (κ3) is 4.56. The van der Waals surface area contributed by atoms with Gasteiger partial charge in [0.15, 0.2) is 9.84 Å². The molecule has 0 aromatic heterocycles. The fourth-order valence-electron chi connectivity index (χ4n) is 3.45. The summed E-state index contributed by atoms with van der Waals surface area (Å²) >= 11 is 0. The van der Waals surface area contributed by atoms with E-state index in [1.165, 1.54) is 18.6 Å². The Morgan fingerprint density at radius 2 is 1.65 bits per heavy atom. The number of hydrogen-bond donors (Lipinski definition) is 1. The Labute approximate surface area is 139 Å². The molecule has 1 aliphatic rings. The highest BCUT2D eigenvalue weighted by molar-refractivity contribution is 7.90. The first-order valence-corrected chi connectivity index (χ1v) is 10.1. The monoisotopic (exact) mass is 337 g/mol. The molecule has 1 N–H and O–H groups in total. The topological polar surface area (TPSA) is 63.2 Å². The van der Waals surface area contributed by atoms with Crippen LogP contribution in [0, 0.1) is 11.3 Å². The minimum absolute atomic E-state index is 0.119. The summed E-state index contributed by atoms with van der Waals surface area (Å²) in [7, 11) is -3.23. The van der Waals surface area contributed by atoms with Crippen molar-refractivity contribution in [2.75, 3.05) is 6.26 Å². The third-order valence-corrected chi connectivity index (χ3v) is 5.87. The zero-order valence-corrected chi connectivity index (χ0v) is 15.2. The van der Waals surface area contributed by atoms with Crippen LogP contribution in [0.25, 0.3) is 0 Å². The average Bonchev–Trinajstić information content (AvgIpc) is 2.46. The lowest BCUT2D eigenvalue weighted by atomic mass is 9.69. The van der Waals surface area contributed by atoms with E-state index < -0.39 is 9.84 Å².